The fourth-order valence-corrected chi connectivity index (χ4v) is 2.88. The van der Waals surface area contributed by atoms with Crippen LogP contribution in [0.15, 0.2) is 4.47 Å². The predicted molar refractivity (Wildman–Crippen MR) is 79.6 cm³/mol. The first-order chi connectivity index (χ1) is 7.95. The molecule has 0 amide bonds. The van der Waals surface area contributed by atoms with Crippen LogP contribution in [0.3, 0.4) is 0 Å². The summed E-state index contributed by atoms with van der Waals surface area (Å²) in [4.78, 5) is 0. The maximum atomic E-state index is 6.17. The number of aromatic nitrogens is 2. The normalized spacial score (nSPS) is 13.4. The first-order valence-corrected chi connectivity index (χ1v) is 7.88. The van der Waals surface area contributed by atoms with Gasteiger partial charge in [0, 0.05) is 24.8 Å². The molecule has 3 nitrogen and oxygen atoms in total. The van der Waals surface area contributed by atoms with Crippen molar-refractivity contribution in [3.05, 3.63) is 15.9 Å². The number of thioether (sulfide) groups is 1. The van der Waals surface area contributed by atoms with Gasteiger partial charge < -0.3 is 5.73 Å². The smallest absolute Gasteiger partial charge is 0.0738 e. The van der Waals surface area contributed by atoms with E-state index >= 15 is 0 Å². The molecule has 5 heteroatoms. The van der Waals surface area contributed by atoms with Crippen molar-refractivity contribution in [2.24, 2.45) is 5.73 Å². The molecule has 0 bridgehead atoms. The van der Waals surface area contributed by atoms with Gasteiger partial charge in [-0.15, -0.1) is 0 Å². The van der Waals surface area contributed by atoms with E-state index in [1.54, 1.807) is 0 Å². The molecule has 1 aromatic rings. The lowest BCUT2D eigenvalue weighted by Crippen LogP contribution is -2.27. The molecule has 1 rings (SSSR count). The lowest BCUT2D eigenvalue weighted by atomic mass is 10.2. The van der Waals surface area contributed by atoms with Crippen LogP contribution in [0.4, 0.5) is 0 Å². The molecule has 0 saturated heterocycles. The Morgan fingerprint density at radius 2 is 2.12 bits per heavy atom. The van der Waals surface area contributed by atoms with Gasteiger partial charge in [0.15, 0.2) is 0 Å². The van der Waals surface area contributed by atoms with Crippen molar-refractivity contribution in [2.45, 2.75) is 52.0 Å². The van der Waals surface area contributed by atoms with Crippen molar-refractivity contribution >= 4 is 27.7 Å². The summed E-state index contributed by atoms with van der Waals surface area (Å²) in [6, 6.07) is 0.195. The third-order valence-electron chi connectivity index (χ3n) is 2.55. The third-order valence-corrected chi connectivity index (χ3v) is 4.87. The van der Waals surface area contributed by atoms with E-state index in [1.807, 2.05) is 23.4 Å². The van der Waals surface area contributed by atoms with Crippen molar-refractivity contribution in [3.8, 4) is 0 Å². The maximum Gasteiger partial charge on any atom is 0.0738 e. The van der Waals surface area contributed by atoms with Gasteiger partial charge in [-0.2, -0.15) is 16.9 Å². The summed E-state index contributed by atoms with van der Waals surface area (Å²) in [7, 11) is 0. The van der Waals surface area contributed by atoms with Crippen LogP contribution >= 0.6 is 27.7 Å². The number of hydrogen-bond donors (Lipinski definition) is 1. The Kier molecular flexibility index (Phi) is 6.03. The van der Waals surface area contributed by atoms with Crippen LogP contribution in [-0.2, 0) is 13.0 Å². The van der Waals surface area contributed by atoms with Gasteiger partial charge in [0.25, 0.3) is 0 Å². The highest BCUT2D eigenvalue weighted by atomic mass is 79.9. The third kappa shape index (κ3) is 4.30. The van der Waals surface area contributed by atoms with Crippen molar-refractivity contribution in [3.63, 3.8) is 0 Å². The van der Waals surface area contributed by atoms with Gasteiger partial charge in [0.05, 0.1) is 15.9 Å². The topological polar surface area (TPSA) is 43.8 Å². The maximum absolute atomic E-state index is 6.17. The van der Waals surface area contributed by atoms with Crippen LogP contribution in [-0.4, -0.2) is 26.8 Å². The van der Waals surface area contributed by atoms with E-state index in [-0.39, 0.29) is 6.04 Å². The van der Waals surface area contributed by atoms with Crippen LogP contribution in [0.25, 0.3) is 0 Å². The first kappa shape index (κ1) is 15.1. The van der Waals surface area contributed by atoms with E-state index < -0.39 is 0 Å². The van der Waals surface area contributed by atoms with E-state index in [9.17, 15) is 0 Å². The fraction of sp³-hybridized carbons (Fsp3) is 0.750. The number of nitrogens with zero attached hydrogens (tertiary/aromatic N) is 2. The van der Waals surface area contributed by atoms with E-state index in [0.717, 1.165) is 28.9 Å². The molecule has 2 N–H and O–H groups in total. The van der Waals surface area contributed by atoms with Gasteiger partial charge in [0.2, 0.25) is 0 Å². The fourth-order valence-electron chi connectivity index (χ4n) is 1.69. The molecule has 98 valence electrons. The lowest BCUT2D eigenvalue weighted by Gasteiger charge is -2.14. The molecule has 0 spiro atoms. The van der Waals surface area contributed by atoms with Crippen molar-refractivity contribution in [1.29, 1.82) is 0 Å². The van der Waals surface area contributed by atoms with E-state index in [4.69, 9.17) is 5.73 Å². The summed E-state index contributed by atoms with van der Waals surface area (Å²) in [6.45, 7) is 9.43. The second kappa shape index (κ2) is 6.81. The SMILES string of the molecule is CCn1nc(C)c(Br)c1CC(N)CSC(C)C. The minimum Gasteiger partial charge on any atom is -0.327 e. The summed E-state index contributed by atoms with van der Waals surface area (Å²) in [6.07, 6.45) is 0.884. The molecule has 0 aliphatic heterocycles. The predicted octanol–water partition coefficient (Wildman–Crippen LogP) is 2.99. The Bertz CT molecular complexity index is 363. The zero-order valence-corrected chi connectivity index (χ0v) is 13.4. The molecule has 0 saturated carbocycles. The average molecular weight is 320 g/mol. The van der Waals surface area contributed by atoms with Crippen LogP contribution < -0.4 is 5.73 Å². The Labute approximate surface area is 117 Å². The van der Waals surface area contributed by atoms with Gasteiger partial charge in [-0.1, -0.05) is 13.8 Å². The summed E-state index contributed by atoms with van der Waals surface area (Å²) in [5, 5.41) is 5.13. The number of aryl methyl sites for hydroxylation is 2. The van der Waals surface area contributed by atoms with Crippen molar-refractivity contribution in [2.75, 3.05) is 5.75 Å². The summed E-state index contributed by atoms with van der Waals surface area (Å²) in [5.74, 6) is 0.998. The zero-order valence-electron chi connectivity index (χ0n) is 11.0. The molecule has 0 fully saturated rings. The van der Waals surface area contributed by atoms with Gasteiger partial charge >= 0.3 is 0 Å². The van der Waals surface area contributed by atoms with E-state index in [2.05, 4.69) is 41.8 Å². The Balaban J connectivity index is 2.67. The number of rotatable bonds is 6. The largest absolute Gasteiger partial charge is 0.327 e. The standard InChI is InChI=1S/C12H22BrN3S/c1-5-16-11(12(13)9(4)15-16)6-10(14)7-17-8(2)3/h8,10H,5-7,14H2,1-4H3. The molecule has 0 aliphatic rings. The van der Waals surface area contributed by atoms with Crippen molar-refractivity contribution in [1.82, 2.24) is 9.78 Å². The molecule has 1 heterocycles. The summed E-state index contributed by atoms with van der Waals surface area (Å²) in [5.41, 5.74) is 8.44. The second-order valence-electron chi connectivity index (χ2n) is 4.51. The molecule has 1 aromatic heterocycles. The highest BCUT2D eigenvalue weighted by Gasteiger charge is 2.15. The van der Waals surface area contributed by atoms with Gasteiger partial charge in [-0.05, 0) is 35.0 Å². The molecule has 1 unspecified atom stereocenters. The molecule has 0 aromatic carbocycles. The summed E-state index contributed by atoms with van der Waals surface area (Å²) >= 11 is 5.52. The van der Waals surface area contributed by atoms with Gasteiger partial charge in [0.1, 0.15) is 0 Å². The van der Waals surface area contributed by atoms with Crippen LogP contribution in [0.2, 0.25) is 0 Å². The number of hydrogen-bond acceptors (Lipinski definition) is 3. The number of nitrogens with two attached hydrogens (primary N) is 1. The quantitative estimate of drug-likeness (QED) is 0.876. The highest BCUT2D eigenvalue weighted by molar-refractivity contribution is 9.10. The van der Waals surface area contributed by atoms with Crippen molar-refractivity contribution < 1.29 is 0 Å². The van der Waals surface area contributed by atoms with E-state index in [0.29, 0.717) is 5.25 Å². The molecular weight excluding hydrogens is 298 g/mol. The van der Waals surface area contributed by atoms with Crippen LogP contribution in [0, 0.1) is 6.92 Å². The minimum absolute atomic E-state index is 0.195. The molecule has 17 heavy (non-hydrogen) atoms. The van der Waals surface area contributed by atoms with E-state index in [1.165, 1.54) is 5.69 Å². The molecule has 0 aliphatic carbocycles. The number of halogens is 1. The Morgan fingerprint density at radius 1 is 1.47 bits per heavy atom. The second-order valence-corrected chi connectivity index (χ2v) is 6.91. The highest BCUT2D eigenvalue weighted by Crippen LogP contribution is 2.23. The van der Waals surface area contributed by atoms with Crippen LogP contribution in [0.1, 0.15) is 32.2 Å². The minimum atomic E-state index is 0.195. The molecule has 1 atom stereocenters. The lowest BCUT2D eigenvalue weighted by molar-refractivity contribution is 0.593. The Morgan fingerprint density at radius 3 is 2.65 bits per heavy atom. The first-order valence-electron chi connectivity index (χ1n) is 6.04. The van der Waals surface area contributed by atoms with Gasteiger partial charge in [-0.3, -0.25) is 4.68 Å². The molecule has 0 radical (unpaired) electrons. The summed E-state index contributed by atoms with van der Waals surface area (Å²) < 4.78 is 3.16. The monoisotopic (exact) mass is 319 g/mol. The van der Waals surface area contributed by atoms with Gasteiger partial charge in [-0.25, -0.2) is 0 Å². The molecular formula is C12H22BrN3S. The van der Waals surface area contributed by atoms with Crippen LogP contribution in [0.5, 0.6) is 0 Å². The Hall–Kier alpha value is -0.0000000000000000555. The zero-order chi connectivity index (χ0) is 13.0. The average Bonchev–Trinajstić information content (AvgIpc) is 2.54.